The fourth-order valence-corrected chi connectivity index (χ4v) is 2.28. The molecular formula is C17H25FN6. The number of nitrogens with one attached hydrogen (secondary N) is 2. The first kappa shape index (κ1) is 17.9. The molecule has 0 saturated heterocycles. The number of hydrogen-bond donors (Lipinski definition) is 2. The molecule has 0 radical (unpaired) electrons. The molecule has 0 aliphatic rings. The number of aromatic nitrogens is 3. The highest BCUT2D eigenvalue weighted by atomic mass is 19.1. The van der Waals surface area contributed by atoms with Gasteiger partial charge < -0.3 is 15.2 Å². The van der Waals surface area contributed by atoms with Crippen molar-refractivity contribution >= 4 is 5.96 Å². The SMILES string of the molecule is CCNC(=NCc1ccc(F)c(C)c1)NCCCCn1cnnc1. The molecule has 1 aromatic carbocycles. The van der Waals surface area contributed by atoms with Gasteiger partial charge in [0.05, 0.1) is 6.54 Å². The number of nitrogens with zero attached hydrogens (tertiary/aromatic N) is 4. The van der Waals surface area contributed by atoms with Crippen molar-refractivity contribution in [2.24, 2.45) is 4.99 Å². The predicted molar refractivity (Wildman–Crippen MR) is 93.2 cm³/mol. The number of rotatable bonds is 8. The van der Waals surface area contributed by atoms with Crippen molar-refractivity contribution in [3.8, 4) is 0 Å². The molecule has 0 unspecified atom stereocenters. The van der Waals surface area contributed by atoms with Gasteiger partial charge in [0.25, 0.3) is 0 Å². The third-order valence-electron chi connectivity index (χ3n) is 3.59. The summed E-state index contributed by atoms with van der Waals surface area (Å²) in [5.41, 5.74) is 1.65. The summed E-state index contributed by atoms with van der Waals surface area (Å²) in [5.74, 6) is 0.602. The van der Waals surface area contributed by atoms with E-state index < -0.39 is 0 Å². The third-order valence-corrected chi connectivity index (χ3v) is 3.59. The first-order valence-corrected chi connectivity index (χ1v) is 8.28. The second kappa shape index (κ2) is 9.64. The van der Waals surface area contributed by atoms with E-state index in [9.17, 15) is 4.39 Å². The summed E-state index contributed by atoms with van der Waals surface area (Å²) in [7, 11) is 0. The largest absolute Gasteiger partial charge is 0.357 e. The fourth-order valence-electron chi connectivity index (χ4n) is 2.28. The van der Waals surface area contributed by atoms with Crippen molar-refractivity contribution in [1.29, 1.82) is 0 Å². The highest BCUT2D eigenvalue weighted by Gasteiger charge is 2.01. The van der Waals surface area contributed by atoms with Gasteiger partial charge in [-0.1, -0.05) is 12.1 Å². The molecule has 0 fully saturated rings. The van der Waals surface area contributed by atoms with Crippen LogP contribution >= 0.6 is 0 Å². The topological polar surface area (TPSA) is 67.1 Å². The average molecular weight is 332 g/mol. The molecular weight excluding hydrogens is 307 g/mol. The minimum Gasteiger partial charge on any atom is -0.357 e. The zero-order chi connectivity index (χ0) is 17.2. The molecule has 0 spiro atoms. The van der Waals surface area contributed by atoms with Gasteiger partial charge >= 0.3 is 0 Å². The molecule has 2 aromatic rings. The van der Waals surface area contributed by atoms with Crippen LogP contribution in [0.3, 0.4) is 0 Å². The van der Waals surface area contributed by atoms with E-state index in [4.69, 9.17) is 0 Å². The van der Waals surface area contributed by atoms with E-state index in [2.05, 4.69) is 25.8 Å². The molecule has 7 heteroatoms. The summed E-state index contributed by atoms with van der Waals surface area (Å²) in [6.45, 7) is 6.88. The highest BCUT2D eigenvalue weighted by molar-refractivity contribution is 5.79. The Labute approximate surface area is 142 Å². The fraction of sp³-hybridized carbons (Fsp3) is 0.471. The highest BCUT2D eigenvalue weighted by Crippen LogP contribution is 2.10. The number of guanidine groups is 1. The number of aliphatic imine (C=N–C) groups is 1. The van der Waals surface area contributed by atoms with E-state index in [0.29, 0.717) is 12.1 Å². The maximum Gasteiger partial charge on any atom is 0.191 e. The van der Waals surface area contributed by atoms with E-state index >= 15 is 0 Å². The maximum absolute atomic E-state index is 13.3. The maximum atomic E-state index is 13.3. The van der Waals surface area contributed by atoms with Gasteiger partial charge in [0.2, 0.25) is 0 Å². The van der Waals surface area contributed by atoms with Crippen LogP contribution < -0.4 is 10.6 Å². The lowest BCUT2D eigenvalue weighted by atomic mass is 10.1. The Bertz CT molecular complexity index is 639. The number of aryl methyl sites for hydroxylation is 2. The van der Waals surface area contributed by atoms with Crippen LogP contribution in [0.25, 0.3) is 0 Å². The molecule has 1 aromatic heterocycles. The Hall–Kier alpha value is -2.44. The molecule has 0 bridgehead atoms. The molecule has 0 amide bonds. The lowest BCUT2D eigenvalue weighted by Gasteiger charge is -2.11. The van der Waals surface area contributed by atoms with Crippen LogP contribution in [-0.2, 0) is 13.1 Å². The Morgan fingerprint density at radius 3 is 2.71 bits per heavy atom. The number of benzene rings is 1. The lowest BCUT2D eigenvalue weighted by Crippen LogP contribution is -2.37. The number of halogens is 1. The summed E-state index contributed by atoms with van der Waals surface area (Å²) in [6.07, 6.45) is 5.52. The Kier molecular flexibility index (Phi) is 7.20. The van der Waals surface area contributed by atoms with Crippen molar-refractivity contribution in [1.82, 2.24) is 25.4 Å². The molecule has 24 heavy (non-hydrogen) atoms. The quantitative estimate of drug-likeness (QED) is 0.442. The average Bonchev–Trinajstić information content (AvgIpc) is 3.08. The molecule has 0 aliphatic heterocycles. The van der Waals surface area contributed by atoms with Gasteiger partial charge in [-0.3, -0.25) is 0 Å². The minimum atomic E-state index is -0.180. The molecule has 0 aliphatic carbocycles. The van der Waals surface area contributed by atoms with Gasteiger partial charge in [0.1, 0.15) is 18.5 Å². The van der Waals surface area contributed by atoms with E-state index in [-0.39, 0.29) is 5.82 Å². The van der Waals surface area contributed by atoms with Crippen LogP contribution in [0.4, 0.5) is 4.39 Å². The molecule has 6 nitrogen and oxygen atoms in total. The number of hydrogen-bond acceptors (Lipinski definition) is 3. The molecule has 2 rings (SSSR count). The summed E-state index contributed by atoms with van der Waals surface area (Å²) in [5, 5.41) is 14.1. The lowest BCUT2D eigenvalue weighted by molar-refractivity contribution is 0.597. The molecule has 0 atom stereocenters. The summed E-state index contributed by atoms with van der Waals surface area (Å²) >= 11 is 0. The van der Waals surface area contributed by atoms with E-state index in [1.165, 1.54) is 6.07 Å². The van der Waals surface area contributed by atoms with Gasteiger partial charge in [-0.2, -0.15) is 0 Å². The Morgan fingerprint density at radius 2 is 2.00 bits per heavy atom. The van der Waals surface area contributed by atoms with E-state index in [0.717, 1.165) is 44.0 Å². The van der Waals surface area contributed by atoms with Gasteiger partial charge in [-0.05, 0) is 43.9 Å². The van der Waals surface area contributed by atoms with Gasteiger partial charge in [-0.25, -0.2) is 9.38 Å². The van der Waals surface area contributed by atoms with E-state index in [1.807, 2.05) is 17.6 Å². The van der Waals surface area contributed by atoms with Crippen molar-refractivity contribution in [3.05, 3.63) is 47.8 Å². The summed E-state index contributed by atoms with van der Waals surface area (Å²) in [4.78, 5) is 4.55. The second-order valence-electron chi connectivity index (χ2n) is 5.61. The minimum absolute atomic E-state index is 0.180. The third kappa shape index (κ3) is 5.98. The van der Waals surface area contributed by atoms with Crippen molar-refractivity contribution in [2.45, 2.75) is 39.8 Å². The van der Waals surface area contributed by atoms with Crippen LogP contribution in [0.5, 0.6) is 0 Å². The zero-order valence-electron chi connectivity index (χ0n) is 14.3. The van der Waals surface area contributed by atoms with E-state index in [1.54, 1.807) is 25.6 Å². The Balaban J connectivity index is 1.76. The van der Waals surface area contributed by atoms with Crippen LogP contribution in [0.15, 0.2) is 35.8 Å². The van der Waals surface area contributed by atoms with Gasteiger partial charge in [-0.15, -0.1) is 10.2 Å². The van der Waals surface area contributed by atoms with Crippen molar-refractivity contribution < 1.29 is 4.39 Å². The van der Waals surface area contributed by atoms with Gasteiger partial charge in [0, 0.05) is 19.6 Å². The number of unbranched alkanes of at least 4 members (excludes halogenated alkanes) is 1. The summed E-state index contributed by atoms with van der Waals surface area (Å²) < 4.78 is 15.3. The van der Waals surface area contributed by atoms with Crippen LogP contribution in [0.2, 0.25) is 0 Å². The monoisotopic (exact) mass is 332 g/mol. The Morgan fingerprint density at radius 1 is 1.21 bits per heavy atom. The molecule has 130 valence electrons. The van der Waals surface area contributed by atoms with Crippen LogP contribution in [-0.4, -0.2) is 33.8 Å². The molecule has 0 saturated carbocycles. The first-order valence-electron chi connectivity index (χ1n) is 8.28. The predicted octanol–water partition coefficient (Wildman–Crippen LogP) is 2.26. The standard InChI is InChI=1S/C17H25FN6/c1-3-19-17(20-8-4-5-9-24-12-22-23-13-24)21-11-15-6-7-16(18)14(2)10-15/h6-7,10,12-13H,3-5,8-9,11H2,1-2H3,(H2,19,20,21). The van der Waals surface area contributed by atoms with Gasteiger partial charge in [0.15, 0.2) is 5.96 Å². The second-order valence-corrected chi connectivity index (χ2v) is 5.61. The van der Waals surface area contributed by atoms with Crippen molar-refractivity contribution in [3.63, 3.8) is 0 Å². The molecule has 1 heterocycles. The van der Waals surface area contributed by atoms with Crippen molar-refractivity contribution in [2.75, 3.05) is 13.1 Å². The molecule has 2 N–H and O–H groups in total. The summed E-state index contributed by atoms with van der Waals surface area (Å²) in [6, 6.07) is 5.10. The van der Waals surface area contributed by atoms with Crippen LogP contribution in [0, 0.1) is 12.7 Å². The van der Waals surface area contributed by atoms with Crippen LogP contribution in [0.1, 0.15) is 30.9 Å². The smallest absolute Gasteiger partial charge is 0.191 e. The normalized spacial score (nSPS) is 11.5. The zero-order valence-corrected chi connectivity index (χ0v) is 14.3. The first-order chi connectivity index (χ1) is 11.7.